The third kappa shape index (κ3) is 6.86. The molecule has 1 aliphatic rings. The molecule has 0 atom stereocenters. The molecule has 186 valence electrons. The van der Waals surface area contributed by atoms with Gasteiger partial charge in [0.1, 0.15) is 5.82 Å². The van der Waals surface area contributed by atoms with E-state index in [0.29, 0.717) is 12.6 Å². The SMILES string of the molecule is CCN(c1ccc(NC(=O)CSc2nnc(CN3CCCC3)n2Cc2ccccc2)cc1)C(C)C. The Morgan fingerprint density at radius 2 is 1.74 bits per heavy atom. The lowest BCUT2D eigenvalue weighted by Gasteiger charge is -2.27. The molecular weight excluding hydrogens is 456 g/mol. The summed E-state index contributed by atoms with van der Waals surface area (Å²) in [4.78, 5) is 17.5. The summed E-state index contributed by atoms with van der Waals surface area (Å²) in [6, 6.07) is 18.8. The van der Waals surface area contributed by atoms with Crippen molar-refractivity contribution >= 4 is 29.0 Å². The fraction of sp³-hybridized carbons (Fsp3) is 0.444. The van der Waals surface area contributed by atoms with Gasteiger partial charge in [-0.25, -0.2) is 0 Å². The van der Waals surface area contributed by atoms with Gasteiger partial charge in [-0.1, -0.05) is 42.1 Å². The summed E-state index contributed by atoms with van der Waals surface area (Å²) in [5.74, 6) is 1.19. The molecule has 0 aliphatic carbocycles. The average molecular weight is 493 g/mol. The van der Waals surface area contributed by atoms with E-state index in [1.165, 1.54) is 30.2 Å². The Morgan fingerprint density at radius 3 is 2.40 bits per heavy atom. The first-order valence-electron chi connectivity index (χ1n) is 12.5. The van der Waals surface area contributed by atoms with Crippen LogP contribution in [0.3, 0.4) is 0 Å². The minimum atomic E-state index is -0.0469. The smallest absolute Gasteiger partial charge is 0.234 e. The largest absolute Gasteiger partial charge is 0.369 e. The molecule has 0 radical (unpaired) electrons. The van der Waals surface area contributed by atoms with Crippen LogP contribution >= 0.6 is 11.8 Å². The van der Waals surface area contributed by atoms with Crippen molar-refractivity contribution in [3.63, 3.8) is 0 Å². The number of nitrogens with one attached hydrogen (secondary N) is 1. The van der Waals surface area contributed by atoms with Crippen molar-refractivity contribution in [2.75, 3.05) is 35.6 Å². The zero-order chi connectivity index (χ0) is 24.6. The molecule has 1 N–H and O–H groups in total. The number of rotatable bonds is 11. The number of carbonyl (C=O) groups excluding carboxylic acids is 1. The first kappa shape index (κ1) is 25.3. The van der Waals surface area contributed by atoms with Gasteiger partial charge in [-0.05, 0) is 76.5 Å². The van der Waals surface area contributed by atoms with E-state index in [1.54, 1.807) is 0 Å². The van der Waals surface area contributed by atoms with Crippen molar-refractivity contribution in [1.82, 2.24) is 19.7 Å². The molecule has 2 heterocycles. The fourth-order valence-corrected chi connectivity index (χ4v) is 5.27. The van der Waals surface area contributed by atoms with Crippen molar-refractivity contribution < 1.29 is 4.79 Å². The van der Waals surface area contributed by atoms with Gasteiger partial charge in [0, 0.05) is 24.0 Å². The van der Waals surface area contributed by atoms with Crippen LogP contribution in [0.25, 0.3) is 0 Å². The second-order valence-electron chi connectivity index (χ2n) is 9.22. The van der Waals surface area contributed by atoms with Gasteiger partial charge < -0.3 is 14.8 Å². The number of aromatic nitrogens is 3. The van der Waals surface area contributed by atoms with E-state index in [0.717, 1.165) is 48.5 Å². The summed E-state index contributed by atoms with van der Waals surface area (Å²) < 4.78 is 2.16. The van der Waals surface area contributed by atoms with Crippen molar-refractivity contribution in [2.45, 2.75) is 57.9 Å². The van der Waals surface area contributed by atoms with Crippen LogP contribution in [0, 0.1) is 0 Å². The minimum Gasteiger partial charge on any atom is -0.369 e. The highest BCUT2D eigenvalue weighted by Crippen LogP contribution is 2.23. The van der Waals surface area contributed by atoms with Gasteiger partial charge in [-0.3, -0.25) is 9.69 Å². The lowest BCUT2D eigenvalue weighted by Crippen LogP contribution is -2.30. The number of hydrogen-bond donors (Lipinski definition) is 1. The number of nitrogens with zero attached hydrogens (tertiary/aromatic N) is 5. The van der Waals surface area contributed by atoms with E-state index in [9.17, 15) is 4.79 Å². The molecule has 35 heavy (non-hydrogen) atoms. The molecule has 1 aliphatic heterocycles. The molecule has 0 unspecified atom stereocenters. The van der Waals surface area contributed by atoms with E-state index in [1.807, 2.05) is 30.3 Å². The zero-order valence-corrected chi connectivity index (χ0v) is 21.8. The van der Waals surface area contributed by atoms with Crippen molar-refractivity contribution in [1.29, 1.82) is 0 Å². The molecular formula is C27H36N6OS. The Morgan fingerprint density at radius 1 is 1.03 bits per heavy atom. The van der Waals surface area contributed by atoms with E-state index in [2.05, 4.69) is 74.9 Å². The van der Waals surface area contributed by atoms with Crippen molar-refractivity contribution in [3.8, 4) is 0 Å². The van der Waals surface area contributed by atoms with E-state index < -0.39 is 0 Å². The minimum absolute atomic E-state index is 0.0469. The van der Waals surface area contributed by atoms with Crippen LogP contribution in [-0.4, -0.2) is 57.0 Å². The summed E-state index contributed by atoms with van der Waals surface area (Å²) in [5, 5.41) is 12.8. The molecule has 1 aromatic heterocycles. The monoisotopic (exact) mass is 492 g/mol. The predicted molar refractivity (Wildman–Crippen MR) is 144 cm³/mol. The summed E-state index contributed by atoms with van der Waals surface area (Å²) in [7, 11) is 0. The molecule has 4 rings (SSSR count). The summed E-state index contributed by atoms with van der Waals surface area (Å²) in [6.45, 7) is 11.2. The van der Waals surface area contributed by atoms with Gasteiger partial charge in [-0.2, -0.15) is 0 Å². The summed E-state index contributed by atoms with van der Waals surface area (Å²) in [5.41, 5.74) is 3.16. The van der Waals surface area contributed by atoms with Gasteiger partial charge in [0.2, 0.25) is 5.91 Å². The molecule has 0 bridgehead atoms. The molecule has 1 amide bonds. The second kappa shape index (κ2) is 12.2. The first-order valence-corrected chi connectivity index (χ1v) is 13.5. The van der Waals surface area contributed by atoms with Gasteiger partial charge in [-0.15, -0.1) is 10.2 Å². The number of anilines is 2. The average Bonchev–Trinajstić information content (AvgIpc) is 3.50. The molecule has 0 spiro atoms. The van der Waals surface area contributed by atoms with E-state index >= 15 is 0 Å². The number of likely N-dealkylation sites (tertiary alicyclic amines) is 1. The molecule has 7 nitrogen and oxygen atoms in total. The standard InChI is InChI=1S/C27H36N6OS/c1-4-32(21(2)3)24-14-12-23(13-15-24)28-26(34)20-35-27-30-29-25(19-31-16-8-9-17-31)33(27)18-22-10-6-5-7-11-22/h5-7,10-15,21H,4,8-9,16-20H2,1-3H3,(H,28,34). The maximum Gasteiger partial charge on any atom is 0.234 e. The summed E-state index contributed by atoms with van der Waals surface area (Å²) in [6.07, 6.45) is 2.48. The van der Waals surface area contributed by atoms with Crippen LogP contribution < -0.4 is 10.2 Å². The molecule has 2 aromatic carbocycles. The fourth-order valence-electron chi connectivity index (χ4n) is 4.52. The summed E-state index contributed by atoms with van der Waals surface area (Å²) >= 11 is 1.44. The molecule has 0 saturated carbocycles. The Balaban J connectivity index is 1.40. The van der Waals surface area contributed by atoms with E-state index in [-0.39, 0.29) is 11.7 Å². The molecule has 1 saturated heterocycles. The maximum atomic E-state index is 12.7. The number of amides is 1. The van der Waals surface area contributed by atoms with Crippen molar-refractivity contribution in [3.05, 3.63) is 66.0 Å². The van der Waals surface area contributed by atoms with Crippen LogP contribution in [-0.2, 0) is 17.9 Å². The Bertz CT molecular complexity index is 1080. The Labute approximate surface area is 212 Å². The predicted octanol–water partition coefficient (Wildman–Crippen LogP) is 4.89. The number of thioether (sulfide) groups is 1. The van der Waals surface area contributed by atoms with Gasteiger partial charge >= 0.3 is 0 Å². The van der Waals surface area contributed by atoms with Crippen LogP contribution in [0.5, 0.6) is 0 Å². The van der Waals surface area contributed by atoms with Crippen LogP contribution in [0.2, 0.25) is 0 Å². The normalized spacial score (nSPS) is 13.9. The Kier molecular flexibility index (Phi) is 8.82. The molecule has 3 aromatic rings. The highest BCUT2D eigenvalue weighted by Gasteiger charge is 2.19. The lowest BCUT2D eigenvalue weighted by molar-refractivity contribution is -0.113. The topological polar surface area (TPSA) is 66.3 Å². The number of hydrogen-bond acceptors (Lipinski definition) is 6. The van der Waals surface area contributed by atoms with Gasteiger partial charge in [0.15, 0.2) is 5.16 Å². The highest BCUT2D eigenvalue weighted by molar-refractivity contribution is 7.99. The third-order valence-electron chi connectivity index (χ3n) is 6.32. The third-order valence-corrected chi connectivity index (χ3v) is 7.29. The quantitative estimate of drug-likeness (QED) is 0.385. The lowest BCUT2D eigenvalue weighted by atomic mass is 10.2. The van der Waals surface area contributed by atoms with Crippen LogP contribution in [0.15, 0.2) is 59.8 Å². The number of carbonyl (C=O) groups is 1. The number of benzene rings is 2. The van der Waals surface area contributed by atoms with Crippen LogP contribution in [0.1, 0.15) is 45.0 Å². The zero-order valence-electron chi connectivity index (χ0n) is 21.0. The van der Waals surface area contributed by atoms with Gasteiger partial charge in [0.05, 0.1) is 18.8 Å². The highest BCUT2D eigenvalue weighted by atomic mass is 32.2. The van der Waals surface area contributed by atoms with Gasteiger partial charge in [0.25, 0.3) is 0 Å². The molecule has 8 heteroatoms. The first-order chi connectivity index (χ1) is 17.0. The molecule has 1 fully saturated rings. The Hall–Kier alpha value is -2.84. The van der Waals surface area contributed by atoms with E-state index in [4.69, 9.17) is 0 Å². The maximum absolute atomic E-state index is 12.7. The second-order valence-corrected chi connectivity index (χ2v) is 10.2. The van der Waals surface area contributed by atoms with Crippen LogP contribution in [0.4, 0.5) is 11.4 Å². The van der Waals surface area contributed by atoms with Crippen molar-refractivity contribution in [2.24, 2.45) is 0 Å².